The molecule has 2 aromatic heterocycles. The van der Waals surface area contributed by atoms with Crippen LogP contribution in [0.15, 0.2) is 12.4 Å². The summed E-state index contributed by atoms with van der Waals surface area (Å²) in [6.45, 7) is 5.64. The van der Waals surface area contributed by atoms with E-state index in [1.54, 1.807) is 6.20 Å². The van der Waals surface area contributed by atoms with E-state index in [1.807, 2.05) is 17.5 Å². The Hall–Kier alpha value is -1.69. The molecule has 1 unspecified atom stereocenters. The molecule has 0 aromatic carbocycles. The van der Waals surface area contributed by atoms with Gasteiger partial charge in [0.1, 0.15) is 5.82 Å². The van der Waals surface area contributed by atoms with Gasteiger partial charge in [0, 0.05) is 18.9 Å². The number of anilines is 1. The number of fused-ring (bicyclic) bond motifs is 1. The lowest BCUT2D eigenvalue weighted by Crippen LogP contribution is -2.16. The van der Waals surface area contributed by atoms with Crippen molar-refractivity contribution in [2.45, 2.75) is 20.3 Å². The summed E-state index contributed by atoms with van der Waals surface area (Å²) in [5.41, 5.74) is 6.29. The molecular formula is C11H18N6. The van der Waals surface area contributed by atoms with Crippen LogP contribution >= 0.6 is 0 Å². The highest BCUT2D eigenvalue weighted by atomic mass is 15.3. The van der Waals surface area contributed by atoms with Crippen LogP contribution in [0.25, 0.3) is 5.65 Å². The van der Waals surface area contributed by atoms with E-state index < -0.39 is 0 Å². The first-order valence-electron chi connectivity index (χ1n) is 5.82. The molecule has 3 N–H and O–H groups in total. The zero-order valence-corrected chi connectivity index (χ0v) is 10.2. The summed E-state index contributed by atoms with van der Waals surface area (Å²) >= 11 is 0. The van der Waals surface area contributed by atoms with E-state index in [0.29, 0.717) is 12.5 Å². The normalized spacial score (nSPS) is 12.9. The second kappa shape index (κ2) is 5.09. The summed E-state index contributed by atoms with van der Waals surface area (Å²) in [7, 11) is 0. The highest BCUT2D eigenvalue weighted by Gasteiger charge is 2.08. The summed E-state index contributed by atoms with van der Waals surface area (Å²) in [6.07, 6.45) is 4.61. The van der Waals surface area contributed by atoms with Crippen LogP contribution < -0.4 is 11.1 Å². The minimum atomic E-state index is 0.520. The lowest BCUT2D eigenvalue weighted by Gasteiger charge is -2.11. The molecule has 0 saturated carbocycles. The molecule has 0 fully saturated rings. The largest absolute Gasteiger partial charge is 0.367 e. The van der Waals surface area contributed by atoms with Crippen molar-refractivity contribution < 1.29 is 0 Å². The van der Waals surface area contributed by atoms with Crippen molar-refractivity contribution in [3.05, 3.63) is 18.2 Å². The fourth-order valence-electron chi connectivity index (χ4n) is 1.72. The van der Waals surface area contributed by atoms with Crippen LogP contribution in [0.5, 0.6) is 0 Å². The maximum absolute atomic E-state index is 5.52. The molecule has 0 amide bonds. The molecule has 2 heterocycles. The molecule has 17 heavy (non-hydrogen) atoms. The Morgan fingerprint density at radius 1 is 1.47 bits per heavy atom. The number of nitrogens with two attached hydrogens (primary N) is 1. The van der Waals surface area contributed by atoms with Crippen LogP contribution in [0.3, 0.4) is 0 Å². The van der Waals surface area contributed by atoms with Gasteiger partial charge in [-0.15, -0.1) is 10.2 Å². The predicted molar refractivity (Wildman–Crippen MR) is 66.8 cm³/mol. The topological polar surface area (TPSA) is 81.1 Å². The highest BCUT2D eigenvalue weighted by Crippen LogP contribution is 2.12. The minimum absolute atomic E-state index is 0.520. The molecule has 0 aliphatic rings. The van der Waals surface area contributed by atoms with Gasteiger partial charge >= 0.3 is 0 Å². The fraction of sp³-hybridized carbons (Fsp3) is 0.545. The molecule has 92 valence electrons. The summed E-state index contributed by atoms with van der Waals surface area (Å²) in [5.74, 6) is 2.16. The van der Waals surface area contributed by atoms with Crippen molar-refractivity contribution in [1.29, 1.82) is 0 Å². The Balaban J connectivity index is 2.13. The smallest absolute Gasteiger partial charge is 0.203 e. The standard InChI is InChI=1S/C11H18N6/c1-8(3-4-12)7-14-10-11-16-15-9(2)17(11)6-5-13-10/h5-6,8H,3-4,7,12H2,1-2H3,(H,13,14). The first-order chi connectivity index (χ1) is 8.22. The number of hydrogen-bond donors (Lipinski definition) is 2. The Labute approximate surface area is 100 Å². The summed E-state index contributed by atoms with van der Waals surface area (Å²) < 4.78 is 1.92. The quantitative estimate of drug-likeness (QED) is 0.800. The minimum Gasteiger partial charge on any atom is -0.367 e. The van der Waals surface area contributed by atoms with E-state index in [2.05, 4.69) is 27.4 Å². The average molecular weight is 234 g/mol. The highest BCUT2D eigenvalue weighted by molar-refractivity contribution is 5.61. The van der Waals surface area contributed by atoms with Crippen LogP contribution in [-0.2, 0) is 0 Å². The zero-order chi connectivity index (χ0) is 12.3. The summed E-state index contributed by atoms with van der Waals surface area (Å²) in [5, 5.41) is 11.4. The monoisotopic (exact) mass is 234 g/mol. The van der Waals surface area contributed by atoms with Gasteiger partial charge in [0.05, 0.1) is 0 Å². The Morgan fingerprint density at radius 2 is 2.29 bits per heavy atom. The van der Waals surface area contributed by atoms with E-state index in [9.17, 15) is 0 Å². The number of rotatable bonds is 5. The van der Waals surface area contributed by atoms with Crippen LogP contribution in [0, 0.1) is 12.8 Å². The van der Waals surface area contributed by atoms with Crippen LogP contribution in [0.2, 0.25) is 0 Å². The van der Waals surface area contributed by atoms with Crippen molar-refractivity contribution in [3.63, 3.8) is 0 Å². The Bertz CT molecular complexity index is 492. The number of aromatic nitrogens is 4. The van der Waals surface area contributed by atoms with E-state index in [1.165, 1.54) is 0 Å². The van der Waals surface area contributed by atoms with Crippen molar-refractivity contribution in [2.75, 3.05) is 18.4 Å². The van der Waals surface area contributed by atoms with Crippen molar-refractivity contribution in [3.8, 4) is 0 Å². The lowest BCUT2D eigenvalue weighted by molar-refractivity contribution is 0.567. The molecule has 0 saturated heterocycles. The van der Waals surface area contributed by atoms with Gasteiger partial charge in [0.15, 0.2) is 5.82 Å². The summed E-state index contributed by atoms with van der Waals surface area (Å²) in [4.78, 5) is 4.29. The molecule has 0 bridgehead atoms. The zero-order valence-electron chi connectivity index (χ0n) is 10.2. The van der Waals surface area contributed by atoms with Crippen molar-refractivity contribution in [2.24, 2.45) is 11.7 Å². The fourth-order valence-corrected chi connectivity index (χ4v) is 1.72. The van der Waals surface area contributed by atoms with Gasteiger partial charge in [-0.1, -0.05) is 6.92 Å². The second-order valence-corrected chi connectivity index (χ2v) is 4.28. The SMILES string of the molecule is Cc1nnc2c(NCC(C)CCN)nccn12. The van der Waals surface area contributed by atoms with Gasteiger partial charge in [0.25, 0.3) is 0 Å². The van der Waals surface area contributed by atoms with Gasteiger partial charge in [-0.05, 0) is 25.8 Å². The number of nitrogens with zero attached hydrogens (tertiary/aromatic N) is 4. The molecule has 2 rings (SSSR count). The molecule has 6 nitrogen and oxygen atoms in total. The third kappa shape index (κ3) is 2.52. The van der Waals surface area contributed by atoms with Gasteiger partial charge in [-0.25, -0.2) is 4.98 Å². The Morgan fingerprint density at radius 3 is 3.06 bits per heavy atom. The molecule has 0 aliphatic carbocycles. The van der Waals surface area contributed by atoms with Gasteiger partial charge < -0.3 is 11.1 Å². The predicted octanol–water partition coefficient (Wildman–Crippen LogP) is 0.830. The van der Waals surface area contributed by atoms with Crippen molar-refractivity contribution in [1.82, 2.24) is 19.6 Å². The second-order valence-electron chi connectivity index (χ2n) is 4.28. The van der Waals surface area contributed by atoms with Gasteiger partial charge in [-0.2, -0.15) is 0 Å². The number of aryl methyl sites for hydroxylation is 1. The molecule has 0 spiro atoms. The van der Waals surface area contributed by atoms with E-state index in [0.717, 1.165) is 30.3 Å². The van der Waals surface area contributed by atoms with Gasteiger partial charge in [0.2, 0.25) is 5.65 Å². The maximum atomic E-state index is 5.52. The molecular weight excluding hydrogens is 216 g/mol. The molecule has 6 heteroatoms. The van der Waals surface area contributed by atoms with Crippen molar-refractivity contribution >= 4 is 11.5 Å². The maximum Gasteiger partial charge on any atom is 0.203 e. The summed E-state index contributed by atoms with van der Waals surface area (Å²) in [6, 6.07) is 0. The molecule has 0 radical (unpaired) electrons. The lowest BCUT2D eigenvalue weighted by atomic mass is 10.1. The molecule has 1 atom stereocenters. The first kappa shape index (κ1) is 11.8. The van der Waals surface area contributed by atoms with E-state index in [-0.39, 0.29) is 0 Å². The van der Waals surface area contributed by atoms with E-state index in [4.69, 9.17) is 5.73 Å². The van der Waals surface area contributed by atoms with Crippen LogP contribution in [0.1, 0.15) is 19.2 Å². The third-order valence-corrected chi connectivity index (χ3v) is 2.77. The third-order valence-electron chi connectivity index (χ3n) is 2.77. The molecule has 2 aromatic rings. The Kier molecular flexibility index (Phi) is 3.53. The average Bonchev–Trinajstić information content (AvgIpc) is 2.70. The number of nitrogens with one attached hydrogen (secondary N) is 1. The van der Waals surface area contributed by atoms with Crippen LogP contribution in [-0.4, -0.2) is 32.7 Å². The number of hydrogen-bond acceptors (Lipinski definition) is 5. The van der Waals surface area contributed by atoms with Crippen LogP contribution in [0.4, 0.5) is 5.82 Å². The van der Waals surface area contributed by atoms with Gasteiger partial charge in [-0.3, -0.25) is 4.40 Å². The van der Waals surface area contributed by atoms with E-state index >= 15 is 0 Å². The molecule has 0 aliphatic heterocycles. The first-order valence-corrected chi connectivity index (χ1v) is 5.82.